The fourth-order valence-electron chi connectivity index (χ4n) is 2.68. The number of aryl methyl sites for hydroxylation is 2. The minimum atomic E-state index is -1.03. The predicted octanol–water partition coefficient (Wildman–Crippen LogP) is 3.26. The van der Waals surface area contributed by atoms with Crippen molar-refractivity contribution in [2.75, 3.05) is 6.54 Å². The molecule has 0 aliphatic heterocycles. The molecular weight excluding hydrogens is 266 g/mol. The Kier molecular flexibility index (Phi) is 4.35. The number of carbonyl (C=O) groups excluding carboxylic acids is 1. The Balaban J connectivity index is 2.46. The topological polar surface area (TPSA) is 57.6 Å². The molecule has 4 heteroatoms. The van der Waals surface area contributed by atoms with Crippen LogP contribution in [0.25, 0.3) is 0 Å². The standard InChI is InChI=1S/C17H23NO3/c1-10(2)9-18(13-7-8-13)16(19)14-11(3)5-6-12(4)15(14)17(20)21/h5-6,10,13H,7-9H2,1-4H3,(H,20,21). The van der Waals surface area contributed by atoms with Gasteiger partial charge in [0.05, 0.1) is 11.1 Å². The van der Waals surface area contributed by atoms with E-state index >= 15 is 0 Å². The Morgan fingerprint density at radius 1 is 1.19 bits per heavy atom. The Hall–Kier alpha value is -1.84. The number of carbonyl (C=O) groups is 2. The molecule has 4 nitrogen and oxygen atoms in total. The van der Waals surface area contributed by atoms with Gasteiger partial charge in [-0.25, -0.2) is 4.79 Å². The normalized spacial score (nSPS) is 14.3. The summed E-state index contributed by atoms with van der Waals surface area (Å²) < 4.78 is 0. The summed E-state index contributed by atoms with van der Waals surface area (Å²) >= 11 is 0. The fourth-order valence-corrected chi connectivity index (χ4v) is 2.68. The van der Waals surface area contributed by atoms with Crippen LogP contribution < -0.4 is 0 Å². The second kappa shape index (κ2) is 5.88. The Bertz CT molecular complexity index is 574. The molecule has 21 heavy (non-hydrogen) atoms. The average Bonchev–Trinajstić information content (AvgIpc) is 3.21. The van der Waals surface area contributed by atoms with Gasteiger partial charge in [-0.15, -0.1) is 0 Å². The van der Waals surface area contributed by atoms with Crippen molar-refractivity contribution in [2.24, 2.45) is 5.92 Å². The quantitative estimate of drug-likeness (QED) is 0.905. The van der Waals surface area contributed by atoms with Crippen molar-refractivity contribution in [3.63, 3.8) is 0 Å². The van der Waals surface area contributed by atoms with Gasteiger partial charge in [-0.05, 0) is 43.7 Å². The molecule has 0 aromatic heterocycles. The highest BCUT2D eigenvalue weighted by Crippen LogP contribution is 2.31. The van der Waals surface area contributed by atoms with Crippen LogP contribution in [0.15, 0.2) is 12.1 Å². The highest BCUT2D eigenvalue weighted by molar-refractivity contribution is 6.06. The van der Waals surface area contributed by atoms with Gasteiger partial charge in [0.2, 0.25) is 0 Å². The van der Waals surface area contributed by atoms with Crippen LogP contribution in [-0.4, -0.2) is 34.5 Å². The molecule has 114 valence electrons. The lowest BCUT2D eigenvalue weighted by Gasteiger charge is -2.26. The number of carboxylic acid groups (broad SMARTS) is 1. The first-order valence-corrected chi connectivity index (χ1v) is 7.47. The monoisotopic (exact) mass is 289 g/mol. The largest absolute Gasteiger partial charge is 0.478 e. The van der Waals surface area contributed by atoms with Gasteiger partial charge in [0.15, 0.2) is 0 Å². The summed E-state index contributed by atoms with van der Waals surface area (Å²) in [5.74, 6) is -0.794. The summed E-state index contributed by atoms with van der Waals surface area (Å²) in [4.78, 5) is 26.3. The Labute approximate surface area is 125 Å². The van der Waals surface area contributed by atoms with Crippen molar-refractivity contribution in [2.45, 2.75) is 46.6 Å². The van der Waals surface area contributed by atoms with E-state index in [9.17, 15) is 14.7 Å². The van der Waals surface area contributed by atoms with Crippen LogP contribution in [0.1, 0.15) is 58.5 Å². The van der Waals surface area contributed by atoms with E-state index in [4.69, 9.17) is 0 Å². The van der Waals surface area contributed by atoms with Crippen LogP contribution in [0.2, 0.25) is 0 Å². The third kappa shape index (κ3) is 3.26. The average molecular weight is 289 g/mol. The lowest BCUT2D eigenvalue weighted by atomic mass is 9.95. The number of amides is 1. The molecule has 1 saturated carbocycles. The van der Waals surface area contributed by atoms with E-state index in [0.29, 0.717) is 23.6 Å². The van der Waals surface area contributed by atoms with E-state index in [-0.39, 0.29) is 17.5 Å². The van der Waals surface area contributed by atoms with E-state index in [0.717, 1.165) is 18.4 Å². The van der Waals surface area contributed by atoms with Crippen molar-refractivity contribution in [1.82, 2.24) is 4.90 Å². The Morgan fingerprint density at radius 3 is 2.14 bits per heavy atom. The van der Waals surface area contributed by atoms with Gasteiger partial charge in [0.1, 0.15) is 0 Å². The summed E-state index contributed by atoms with van der Waals surface area (Å²) in [7, 11) is 0. The van der Waals surface area contributed by atoms with Gasteiger partial charge < -0.3 is 10.0 Å². The van der Waals surface area contributed by atoms with Crippen LogP contribution in [0.5, 0.6) is 0 Å². The zero-order valence-electron chi connectivity index (χ0n) is 13.1. The highest BCUT2D eigenvalue weighted by atomic mass is 16.4. The smallest absolute Gasteiger partial charge is 0.336 e. The number of hydrogen-bond acceptors (Lipinski definition) is 2. The number of rotatable bonds is 5. The maximum Gasteiger partial charge on any atom is 0.336 e. The lowest BCUT2D eigenvalue weighted by molar-refractivity contribution is 0.0664. The third-order valence-corrected chi connectivity index (χ3v) is 3.86. The molecule has 1 aliphatic carbocycles. The highest BCUT2D eigenvalue weighted by Gasteiger charge is 2.35. The number of aromatic carboxylic acids is 1. The molecule has 0 bridgehead atoms. The number of benzene rings is 1. The van der Waals surface area contributed by atoms with Crippen molar-refractivity contribution in [1.29, 1.82) is 0 Å². The first kappa shape index (κ1) is 15.5. The van der Waals surface area contributed by atoms with E-state index in [1.807, 2.05) is 11.0 Å². The molecule has 1 N–H and O–H groups in total. The van der Waals surface area contributed by atoms with Gasteiger partial charge in [-0.2, -0.15) is 0 Å². The fraction of sp³-hybridized carbons (Fsp3) is 0.529. The van der Waals surface area contributed by atoms with E-state index < -0.39 is 5.97 Å². The number of carboxylic acids is 1. The van der Waals surface area contributed by atoms with Crippen molar-refractivity contribution in [3.05, 3.63) is 34.4 Å². The molecule has 1 fully saturated rings. The van der Waals surface area contributed by atoms with Gasteiger partial charge in [0, 0.05) is 12.6 Å². The third-order valence-electron chi connectivity index (χ3n) is 3.86. The molecule has 0 unspecified atom stereocenters. The number of nitrogens with zero attached hydrogens (tertiary/aromatic N) is 1. The molecule has 0 heterocycles. The number of hydrogen-bond donors (Lipinski definition) is 1. The molecule has 0 atom stereocenters. The summed E-state index contributed by atoms with van der Waals surface area (Å²) in [6.07, 6.45) is 2.04. The van der Waals surface area contributed by atoms with Crippen LogP contribution in [0.3, 0.4) is 0 Å². The van der Waals surface area contributed by atoms with Gasteiger partial charge in [-0.1, -0.05) is 26.0 Å². The molecule has 1 amide bonds. The van der Waals surface area contributed by atoms with E-state index in [1.165, 1.54) is 0 Å². The second-order valence-electron chi connectivity index (χ2n) is 6.34. The minimum absolute atomic E-state index is 0.134. The summed E-state index contributed by atoms with van der Waals surface area (Å²) in [5.41, 5.74) is 1.87. The van der Waals surface area contributed by atoms with Crippen molar-refractivity contribution < 1.29 is 14.7 Å². The van der Waals surface area contributed by atoms with Crippen molar-refractivity contribution in [3.8, 4) is 0 Å². The summed E-state index contributed by atoms with van der Waals surface area (Å²) in [5, 5.41) is 9.47. The maximum absolute atomic E-state index is 12.9. The van der Waals surface area contributed by atoms with E-state index in [1.54, 1.807) is 19.9 Å². The first-order chi connectivity index (χ1) is 9.82. The summed E-state index contributed by atoms with van der Waals surface area (Å²) in [6.45, 7) is 8.37. The maximum atomic E-state index is 12.9. The zero-order valence-corrected chi connectivity index (χ0v) is 13.1. The summed E-state index contributed by atoms with van der Waals surface area (Å²) in [6, 6.07) is 3.87. The predicted molar refractivity (Wildman–Crippen MR) is 81.8 cm³/mol. The van der Waals surface area contributed by atoms with Crippen LogP contribution in [0, 0.1) is 19.8 Å². The molecule has 0 saturated heterocycles. The molecule has 1 aromatic rings. The molecule has 0 spiro atoms. The van der Waals surface area contributed by atoms with Crippen LogP contribution in [0.4, 0.5) is 0 Å². The van der Waals surface area contributed by atoms with Crippen LogP contribution >= 0.6 is 0 Å². The zero-order chi connectivity index (χ0) is 15.7. The lowest BCUT2D eigenvalue weighted by Crippen LogP contribution is -2.37. The van der Waals surface area contributed by atoms with Gasteiger partial charge >= 0.3 is 5.97 Å². The van der Waals surface area contributed by atoms with Crippen molar-refractivity contribution >= 4 is 11.9 Å². The van der Waals surface area contributed by atoms with Crippen LogP contribution in [-0.2, 0) is 0 Å². The molecule has 0 radical (unpaired) electrons. The molecule has 1 aliphatic rings. The molecule has 1 aromatic carbocycles. The minimum Gasteiger partial charge on any atom is -0.478 e. The second-order valence-corrected chi connectivity index (χ2v) is 6.34. The van der Waals surface area contributed by atoms with E-state index in [2.05, 4.69) is 13.8 Å². The van der Waals surface area contributed by atoms with Gasteiger partial charge in [-0.3, -0.25) is 4.79 Å². The SMILES string of the molecule is Cc1ccc(C)c(C(=O)N(CC(C)C)C2CC2)c1C(=O)O. The van der Waals surface area contributed by atoms with Gasteiger partial charge in [0.25, 0.3) is 5.91 Å². The molecular formula is C17H23NO3. The Morgan fingerprint density at radius 2 is 1.71 bits per heavy atom. The molecule has 2 rings (SSSR count). The first-order valence-electron chi connectivity index (χ1n) is 7.47.